The highest BCUT2D eigenvalue weighted by Crippen LogP contribution is 2.28. The van der Waals surface area contributed by atoms with Gasteiger partial charge in [0.05, 0.1) is 6.33 Å². The molecule has 2 rings (SSSR count). The van der Waals surface area contributed by atoms with Crippen LogP contribution in [0.5, 0.6) is 0 Å². The number of rotatable bonds is 3. The summed E-state index contributed by atoms with van der Waals surface area (Å²) in [4.78, 5) is 28.5. The molecule has 7 nitrogen and oxygen atoms in total. The molecule has 20 heavy (non-hydrogen) atoms. The minimum Gasteiger partial charge on any atom is -0.444 e. The molecule has 1 fully saturated rings. The first-order chi connectivity index (χ1) is 9.26. The van der Waals surface area contributed by atoms with E-state index in [0.717, 1.165) is 5.69 Å². The minimum atomic E-state index is -0.490. The van der Waals surface area contributed by atoms with Gasteiger partial charge in [-0.1, -0.05) is 0 Å². The Balaban J connectivity index is 1.92. The van der Waals surface area contributed by atoms with Crippen molar-refractivity contribution in [2.24, 2.45) is 5.73 Å². The fraction of sp³-hybridized carbons (Fsp3) is 0.615. The zero-order chi connectivity index (χ0) is 14.9. The van der Waals surface area contributed by atoms with Crippen LogP contribution >= 0.6 is 0 Å². The lowest BCUT2D eigenvalue weighted by Crippen LogP contribution is -2.50. The van der Waals surface area contributed by atoms with Crippen LogP contribution in [0.4, 0.5) is 4.79 Å². The number of ether oxygens (including phenoxy) is 1. The molecule has 0 unspecified atom stereocenters. The molecule has 0 radical (unpaired) electrons. The van der Waals surface area contributed by atoms with Crippen molar-refractivity contribution in [1.82, 2.24) is 14.5 Å². The molecule has 0 saturated carbocycles. The standard InChI is InChI=1S/C13H20N4O3/c1-13(2,3)20-12(19)16-5-9(6-16)10-4-15-8-17(10)7-11(14)18/h4,8-9H,5-7H2,1-3H3,(H2,14,18). The second-order valence-corrected chi connectivity index (χ2v) is 5.99. The molecule has 0 aromatic carbocycles. The van der Waals surface area contributed by atoms with Crippen LogP contribution in [0.15, 0.2) is 12.5 Å². The van der Waals surface area contributed by atoms with Crippen molar-refractivity contribution in [3.63, 3.8) is 0 Å². The normalized spacial score (nSPS) is 15.8. The molecule has 2 N–H and O–H groups in total. The van der Waals surface area contributed by atoms with E-state index in [4.69, 9.17) is 10.5 Å². The predicted octanol–water partition coefficient (Wildman–Crippen LogP) is 0.703. The first kappa shape index (κ1) is 14.4. The molecule has 0 aliphatic carbocycles. The van der Waals surface area contributed by atoms with Crippen molar-refractivity contribution in [3.05, 3.63) is 18.2 Å². The molecule has 1 aromatic heterocycles. The van der Waals surface area contributed by atoms with Crippen LogP contribution in [0.3, 0.4) is 0 Å². The first-order valence-corrected chi connectivity index (χ1v) is 6.52. The maximum atomic E-state index is 11.8. The molecule has 0 bridgehead atoms. The molecule has 0 spiro atoms. The van der Waals surface area contributed by atoms with Crippen molar-refractivity contribution in [2.45, 2.75) is 38.8 Å². The van der Waals surface area contributed by atoms with Crippen LogP contribution in [0.2, 0.25) is 0 Å². The van der Waals surface area contributed by atoms with E-state index >= 15 is 0 Å². The SMILES string of the molecule is CC(C)(C)OC(=O)N1CC(c2cncn2CC(N)=O)C1. The Labute approximate surface area is 117 Å². The number of carbonyl (C=O) groups is 2. The zero-order valence-corrected chi connectivity index (χ0v) is 12.0. The Kier molecular flexibility index (Phi) is 3.69. The average molecular weight is 280 g/mol. The van der Waals surface area contributed by atoms with E-state index in [2.05, 4.69) is 4.98 Å². The summed E-state index contributed by atoms with van der Waals surface area (Å²) >= 11 is 0. The second kappa shape index (κ2) is 5.15. The summed E-state index contributed by atoms with van der Waals surface area (Å²) in [6.45, 7) is 6.76. The number of aromatic nitrogens is 2. The number of imidazole rings is 1. The van der Waals surface area contributed by atoms with E-state index in [0.29, 0.717) is 13.1 Å². The van der Waals surface area contributed by atoms with Gasteiger partial charge < -0.3 is 19.9 Å². The van der Waals surface area contributed by atoms with Crippen LogP contribution in [0, 0.1) is 0 Å². The third-order valence-corrected chi connectivity index (χ3v) is 3.02. The summed E-state index contributed by atoms with van der Waals surface area (Å²) in [5.74, 6) is -0.239. The van der Waals surface area contributed by atoms with Gasteiger partial charge in [-0.15, -0.1) is 0 Å². The Hall–Kier alpha value is -2.05. The number of nitrogens with zero attached hydrogens (tertiary/aromatic N) is 3. The van der Waals surface area contributed by atoms with E-state index in [1.165, 1.54) is 0 Å². The third kappa shape index (κ3) is 3.28. The lowest BCUT2D eigenvalue weighted by Gasteiger charge is -2.39. The topological polar surface area (TPSA) is 90.4 Å². The molecule has 1 aromatic rings. The Bertz CT molecular complexity index is 512. The Morgan fingerprint density at radius 2 is 2.10 bits per heavy atom. The quantitative estimate of drug-likeness (QED) is 0.882. The van der Waals surface area contributed by atoms with E-state index in [1.54, 1.807) is 22.0 Å². The minimum absolute atomic E-state index is 0.109. The summed E-state index contributed by atoms with van der Waals surface area (Å²) in [6.07, 6.45) is 2.98. The number of hydrogen-bond donors (Lipinski definition) is 1. The van der Waals surface area contributed by atoms with Crippen LogP contribution in [0.25, 0.3) is 0 Å². The maximum Gasteiger partial charge on any atom is 0.410 e. The first-order valence-electron chi connectivity index (χ1n) is 6.52. The van der Waals surface area contributed by atoms with Gasteiger partial charge >= 0.3 is 6.09 Å². The number of carbonyl (C=O) groups excluding carboxylic acids is 2. The Morgan fingerprint density at radius 3 is 2.65 bits per heavy atom. The van der Waals surface area contributed by atoms with E-state index in [1.807, 2.05) is 20.8 Å². The van der Waals surface area contributed by atoms with Crippen molar-refractivity contribution in [3.8, 4) is 0 Å². The van der Waals surface area contributed by atoms with Crippen LogP contribution in [-0.2, 0) is 16.1 Å². The molecule has 1 aliphatic rings. The van der Waals surface area contributed by atoms with Crippen molar-refractivity contribution >= 4 is 12.0 Å². The number of amides is 2. The molecular formula is C13H20N4O3. The molecule has 110 valence electrons. The van der Waals surface area contributed by atoms with Gasteiger partial charge in [0, 0.05) is 30.9 Å². The van der Waals surface area contributed by atoms with Crippen LogP contribution in [0.1, 0.15) is 32.4 Å². The van der Waals surface area contributed by atoms with Crippen LogP contribution in [-0.4, -0.2) is 45.1 Å². The summed E-state index contributed by atoms with van der Waals surface area (Å²) in [7, 11) is 0. The largest absolute Gasteiger partial charge is 0.444 e. The van der Waals surface area contributed by atoms with Gasteiger partial charge in [0.2, 0.25) is 5.91 Å². The van der Waals surface area contributed by atoms with Gasteiger partial charge in [-0.05, 0) is 20.8 Å². The third-order valence-electron chi connectivity index (χ3n) is 3.02. The monoisotopic (exact) mass is 280 g/mol. The maximum absolute atomic E-state index is 11.8. The van der Waals surface area contributed by atoms with Crippen LogP contribution < -0.4 is 5.73 Å². The predicted molar refractivity (Wildman–Crippen MR) is 72.0 cm³/mol. The molecule has 1 aliphatic heterocycles. The summed E-state index contributed by atoms with van der Waals surface area (Å²) in [5.41, 5.74) is 5.61. The lowest BCUT2D eigenvalue weighted by atomic mass is 9.97. The van der Waals surface area contributed by atoms with E-state index in [9.17, 15) is 9.59 Å². The zero-order valence-electron chi connectivity index (χ0n) is 12.0. The van der Waals surface area contributed by atoms with Gasteiger partial charge in [0.1, 0.15) is 12.1 Å². The average Bonchev–Trinajstić information content (AvgIpc) is 2.60. The summed E-state index contributed by atoms with van der Waals surface area (Å²) < 4.78 is 7.01. The Morgan fingerprint density at radius 1 is 1.45 bits per heavy atom. The molecule has 7 heteroatoms. The van der Waals surface area contributed by atoms with Crippen molar-refractivity contribution in [2.75, 3.05) is 13.1 Å². The molecule has 2 amide bonds. The fourth-order valence-electron chi connectivity index (χ4n) is 2.11. The summed E-state index contributed by atoms with van der Waals surface area (Å²) in [6, 6.07) is 0. The van der Waals surface area contributed by atoms with Crippen molar-refractivity contribution in [1.29, 1.82) is 0 Å². The molecule has 1 saturated heterocycles. The van der Waals surface area contributed by atoms with Gasteiger partial charge in [-0.3, -0.25) is 4.79 Å². The molecule has 0 atom stereocenters. The lowest BCUT2D eigenvalue weighted by molar-refractivity contribution is -0.118. The number of primary amides is 1. The highest BCUT2D eigenvalue weighted by atomic mass is 16.6. The van der Waals surface area contributed by atoms with Gasteiger partial charge in [-0.25, -0.2) is 9.78 Å². The summed E-state index contributed by atoms with van der Waals surface area (Å²) in [5, 5.41) is 0. The molecular weight excluding hydrogens is 260 g/mol. The van der Waals surface area contributed by atoms with E-state index in [-0.39, 0.29) is 18.6 Å². The van der Waals surface area contributed by atoms with Gasteiger partial charge in [-0.2, -0.15) is 0 Å². The highest BCUT2D eigenvalue weighted by molar-refractivity contribution is 5.73. The number of nitrogens with two attached hydrogens (primary N) is 1. The fourth-order valence-corrected chi connectivity index (χ4v) is 2.11. The number of hydrogen-bond acceptors (Lipinski definition) is 4. The van der Waals surface area contributed by atoms with E-state index < -0.39 is 11.5 Å². The van der Waals surface area contributed by atoms with Gasteiger partial charge in [0.15, 0.2) is 0 Å². The number of likely N-dealkylation sites (tertiary alicyclic amines) is 1. The smallest absolute Gasteiger partial charge is 0.410 e. The molecule has 2 heterocycles. The highest BCUT2D eigenvalue weighted by Gasteiger charge is 2.36. The van der Waals surface area contributed by atoms with Gasteiger partial charge in [0.25, 0.3) is 0 Å². The second-order valence-electron chi connectivity index (χ2n) is 5.99. The van der Waals surface area contributed by atoms with Crippen molar-refractivity contribution < 1.29 is 14.3 Å².